The molecule has 2 heterocycles. The van der Waals surface area contributed by atoms with Crippen molar-refractivity contribution in [2.45, 2.75) is 23.8 Å². The topological polar surface area (TPSA) is 82.5 Å². The first-order valence-electron chi connectivity index (χ1n) is 9.72. The zero-order valence-corrected chi connectivity index (χ0v) is 17.2. The summed E-state index contributed by atoms with van der Waals surface area (Å²) in [6.45, 7) is 2.78. The van der Waals surface area contributed by atoms with Crippen molar-refractivity contribution in [3.05, 3.63) is 54.1 Å². The zero-order chi connectivity index (χ0) is 20.4. The van der Waals surface area contributed by atoms with E-state index in [2.05, 4.69) is 4.90 Å². The molecule has 29 heavy (non-hydrogen) atoms. The van der Waals surface area contributed by atoms with E-state index in [0.717, 1.165) is 37.6 Å². The van der Waals surface area contributed by atoms with Crippen LogP contribution in [-0.4, -0.2) is 63.6 Å². The molecule has 156 valence electrons. The van der Waals surface area contributed by atoms with E-state index in [1.807, 2.05) is 24.3 Å². The van der Waals surface area contributed by atoms with Gasteiger partial charge in [0.2, 0.25) is 0 Å². The Hall–Kier alpha value is -2.26. The summed E-state index contributed by atoms with van der Waals surface area (Å²) >= 11 is 0. The molecule has 1 amide bonds. The molecule has 1 fully saturated rings. The first-order valence-corrected chi connectivity index (χ1v) is 11.2. The minimum atomic E-state index is -3.22. The Kier molecular flexibility index (Phi) is 5.69. The lowest BCUT2D eigenvalue weighted by molar-refractivity contribution is 0.0858. The molecular weight excluding hydrogens is 392 g/mol. The van der Waals surface area contributed by atoms with Crippen molar-refractivity contribution in [3.8, 4) is 11.5 Å². The van der Waals surface area contributed by atoms with Gasteiger partial charge in [-0.3, -0.25) is 18.8 Å². The molecule has 7 nitrogen and oxygen atoms in total. The maximum Gasteiger partial charge on any atom is 0.274 e. The fourth-order valence-electron chi connectivity index (χ4n) is 3.91. The monoisotopic (exact) mass is 418 g/mol. The van der Waals surface area contributed by atoms with Crippen LogP contribution in [0.25, 0.3) is 0 Å². The lowest BCUT2D eigenvalue weighted by Crippen LogP contribution is -2.32. The standard InChI is InChI=1S/C21H26N2O5S/c1-27-18-8-3-4-9-19(18)28-16-11-14-22(15-16)12-6-13-23-21(24)17-7-2-5-10-20(17)29(23,25)26/h2-5,7-10,16,25-26H,6,11-15H2,1H3. The van der Waals surface area contributed by atoms with Gasteiger partial charge in [-0.1, -0.05) is 35.0 Å². The maximum atomic E-state index is 12.5. The number of hydrogen-bond acceptors (Lipinski definition) is 6. The van der Waals surface area contributed by atoms with Crippen molar-refractivity contribution in [1.29, 1.82) is 0 Å². The van der Waals surface area contributed by atoms with E-state index < -0.39 is 10.8 Å². The molecule has 1 saturated heterocycles. The molecule has 2 aliphatic heterocycles. The number of carbonyl (C=O) groups excluding carboxylic acids is 1. The molecule has 2 aliphatic rings. The number of amides is 1. The minimum Gasteiger partial charge on any atom is -0.493 e. The van der Waals surface area contributed by atoms with Gasteiger partial charge >= 0.3 is 0 Å². The quantitative estimate of drug-likeness (QED) is 0.713. The first kappa shape index (κ1) is 20.0. The SMILES string of the molecule is COc1ccccc1OC1CCN(CCCN2C(=O)c3ccccc3S2(O)O)C1. The molecule has 0 saturated carbocycles. The van der Waals surface area contributed by atoms with Crippen molar-refractivity contribution in [2.75, 3.05) is 33.3 Å². The van der Waals surface area contributed by atoms with Gasteiger partial charge in [-0.05, 0) is 37.1 Å². The summed E-state index contributed by atoms with van der Waals surface area (Å²) in [5.74, 6) is 1.17. The van der Waals surface area contributed by atoms with Crippen LogP contribution in [0.3, 0.4) is 0 Å². The van der Waals surface area contributed by atoms with Crippen LogP contribution >= 0.6 is 10.8 Å². The fourth-order valence-corrected chi connectivity index (χ4v) is 5.57. The summed E-state index contributed by atoms with van der Waals surface area (Å²) in [4.78, 5) is 15.1. The second-order valence-electron chi connectivity index (χ2n) is 7.26. The van der Waals surface area contributed by atoms with Crippen molar-refractivity contribution in [3.63, 3.8) is 0 Å². The fraction of sp³-hybridized carbons (Fsp3) is 0.381. The summed E-state index contributed by atoms with van der Waals surface area (Å²) in [6, 6.07) is 14.3. The maximum absolute atomic E-state index is 12.5. The van der Waals surface area contributed by atoms with Gasteiger partial charge in [0.15, 0.2) is 11.5 Å². The summed E-state index contributed by atoms with van der Waals surface area (Å²) in [5, 5.41) is 0. The van der Waals surface area contributed by atoms with Crippen LogP contribution in [0.2, 0.25) is 0 Å². The number of benzene rings is 2. The predicted octanol–water partition coefficient (Wildman–Crippen LogP) is 3.72. The van der Waals surface area contributed by atoms with Crippen LogP contribution in [0, 0.1) is 0 Å². The van der Waals surface area contributed by atoms with Crippen LogP contribution < -0.4 is 9.47 Å². The average molecular weight is 419 g/mol. The first-order chi connectivity index (χ1) is 14.0. The molecule has 1 unspecified atom stereocenters. The minimum absolute atomic E-state index is 0.0874. The summed E-state index contributed by atoms with van der Waals surface area (Å²) in [6.07, 6.45) is 1.67. The van der Waals surface area contributed by atoms with E-state index in [-0.39, 0.29) is 12.0 Å². The highest BCUT2D eigenvalue weighted by atomic mass is 32.3. The van der Waals surface area contributed by atoms with E-state index in [1.54, 1.807) is 31.4 Å². The number of likely N-dealkylation sites (tertiary alicyclic amines) is 1. The van der Waals surface area contributed by atoms with E-state index in [4.69, 9.17) is 9.47 Å². The van der Waals surface area contributed by atoms with Crippen LogP contribution in [0.4, 0.5) is 0 Å². The Labute approximate surface area is 172 Å². The van der Waals surface area contributed by atoms with Gasteiger partial charge < -0.3 is 9.47 Å². The Morgan fingerprint density at radius 3 is 2.55 bits per heavy atom. The predicted molar refractivity (Wildman–Crippen MR) is 112 cm³/mol. The van der Waals surface area contributed by atoms with E-state index in [0.29, 0.717) is 23.4 Å². The highest BCUT2D eigenvalue weighted by molar-refractivity contribution is 8.23. The Balaban J connectivity index is 1.28. The van der Waals surface area contributed by atoms with E-state index >= 15 is 0 Å². The van der Waals surface area contributed by atoms with Crippen molar-refractivity contribution >= 4 is 16.7 Å². The van der Waals surface area contributed by atoms with E-state index in [1.165, 1.54) is 4.31 Å². The lowest BCUT2D eigenvalue weighted by Gasteiger charge is -2.37. The van der Waals surface area contributed by atoms with Gasteiger partial charge in [0, 0.05) is 26.2 Å². The number of carbonyl (C=O) groups is 1. The van der Waals surface area contributed by atoms with Crippen LogP contribution in [0.5, 0.6) is 11.5 Å². The number of nitrogens with zero attached hydrogens (tertiary/aromatic N) is 2. The summed E-state index contributed by atoms with van der Waals surface area (Å²) in [7, 11) is -1.59. The number of hydrogen-bond donors (Lipinski definition) is 2. The third-order valence-corrected chi connectivity index (χ3v) is 7.28. The van der Waals surface area contributed by atoms with Crippen molar-refractivity contribution in [2.24, 2.45) is 0 Å². The van der Waals surface area contributed by atoms with Gasteiger partial charge in [-0.15, -0.1) is 0 Å². The van der Waals surface area contributed by atoms with Gasteiger partial charge in [0.05, 0.1) is 17.6 Å². The second kappa shape index (κ2) is 8.23. The largest absolute Gasteiger partial charge is 0.493 e. The summed E-state index contributed by atoms with van der Waals surface area (Å²) in [5.41, 5.74) is 0.388. The van der Waals surface area contributed by atoms with Crippen LogP contribution in [0.1, 0.15) is 23.2 Å². The van der Waals surface area contributed by atoms with Crippen molar-refractivity contribution < 1.29 is 23.4 Å². The smallest absolute Gasteiger partial charge is 0.274 e. The normalized spacial score (nSPS) is 21.8. The Morgan fingerprint density at radius 2 is 1.79 bits per heavy atom. The molecular formula is C21H26N2O5S. The number of methoxy groups -OCH3 is 1. The van der Waals surface area contributed by atoms with Crippen LogP contribution in [0.15, 0.2) is 53.4 Å². The second-order valence-corrected chi connectivity index (χ2v) is 9.17. The lowest BCUT2D eigenvalue weighted by atomic mass is 10.2. The molecule has 0 radical (unpaired) electrons. The third-order valence-electron chi connectivity index (χ3n) is 5.37. The molecule has 2 N–H and O–H groups in total. The van der Waals surface area contributed by atoms with Crippen molar-refractivity contribution in [1.82, 2.24) is 9.21 Å². The van der Waals surface area contributed by atoms with E-state index in [9.17, 15) is 13.9 Å². The highest BCUT2D eigenvalue weighted by Crippen LogP contribution is 2.58. The molecule has 2 aromatic rings. The molecule has 0 aromatic heterocycles. The molecule has 8 heteroatoms. The number of ether oxygens (including phenoxy) is 2. The highest BCUT2D eigenvalue weighted by Gasteiger charge is 2.40. The number of para-hydroxylation sites is 2. The summed E-state index contributed by atoms with van der Waals surface area (Å²) < 4.78 is 33.7. The number of fused-ring (bicyclic) bond motifs is 1. The Morgan fingerprint density at radius 1 is 1.07 bits per heavy atom. The Bertz CT molecular complexity index is 891. The third kappa shape index (κ3) is 3.93. The molecule has 4 rings (SSSR count). The van der Waals surface area contributed by atoms with Gasteiger partial charge in [0.25, 0.3) is 5.91 Å². The molecule has 0 spiro atoms. The van der Waals surface area contributed by atoms with Crippen LogP contribution in [-0.2, 0) is 0 Å². The average Bonchev–Trinajstić information content (AvgIpc) is 3.25. The molecule has 2 aromatic carbocycles. The van der Waals surface area contributed by atoms with Gasteiger partial charge in [0.1, 0.15) is 6.10 Å². The number of rotatable bonds is 7. The zero-order valence-electron chi connectivity index (χ0n) is 16.4. The molecule has 0 bridgehead atoms. The van der Waals surface area contributed by atoms with Gasteiger partial charge in [-0.25, -0.2) is 4.31 Å². The molecule has 0 aliphatic carbocycles. The van der Waals surface area contributed by atoms with Gasteiger partial charge in [-0.2, -0.15) is 0 Å². The molecule has 1 atom stereocenters.